The van der Waals surface area contributed by atoms with Gasteiger partial charge in [-0.3, -0.25) is 4.79 Å². The van der Waals surface area contributed by atoms with Crippen molar-refractivity contribution in [2.24, 2.45) is 0 Å². The minimum absolute atomic E-state index is 0.00254. The van der Waals surface area contributed by atoms with E-state index in [1.807, 2.05) is 0 Å². The molecule has 0 saturated heterocycles. The van der Waals surface area contributed by atoms with Gasteiger partial charge in [0.1, 0.15) is 23.4 Å². The standard InChI is InChI=1S/C24H19BrF2N2O4/c1-13(29-23(31)21-22(30)19(25)11-12-28-21)24(32)33-14(2)20(15-3-7-17(26)8-4-15)16-5-9-18(27)10-6-16/h3-13,20,30H,2H2,1H3,(H,29,31)/t13-/m0/s1. The highest BCUT2D eigenvalue weighted by atomic mass is 79.9. The third kappa shape index (κ3) is 5.81. The number of rotatable bonds is 7. The molecule has 9 heteroatoms. The number of esters is 1. The number of nitrogens with one attached hydrogen (secondary N) is 1. The molecule has 33 heavy (non-hydrogen) atoms. The number of aromatic hydroxyl groups is 1. The van der Waals surface area contributed by atoms with Crippen LogP contribution in [0.3, 0.4) is 0 Å². The fourth-order valence-electron chi connectivity index (χ4n) is 3.07. The first-order chi connectivity index (χ1) is 15.7. The Balaban J connectivity index is 1.77. The van der Waals surface area contributed by atoms with Gasteiger partial charge in [-0.2, -0.15) is 0 Å². The molecule has 0 aliphatic heterocycles. The lowest BCUT2D eigenvalue weighted by molar-refractivity contribution is -0.141. The molecule has 0 unspecified atom stereocenters. The third-order valence-electron chi connectivity index (χ3n) is 4.75. The van der Waals surface area contributed by atoms with Crippen LogP contribution in [0.4, 0.5) is 8.78 Å². The average molecular weight is 517 g/mol. The summed E-state index contributed by atoms with van der Waals surface area (Å²) in [6.45, 7) is 5.23. The molecular weight excluding hydrogens is 498 g/mol. The van der Waals surface area contributed by atoms with Crippen LogP contribution in [0.25, 0.3) is 0 Å². The number of amides is 1. The zero-order chi connectivity index (χ0) is 24.1. The van der Waals surface area contributed by atoms with Gasteiger partial charge in [-0.1, -0.05) is 30.8 Å². The van der Waals surface area contributed by atoms with Crippen LogP contribution in [0.15, 0.2) is 77.6 Å². The maximum atomic E-state index is 13.4. The van der Waals surface area contributed by atoms with Crippen LogP contribution in [0.2, 0.25) is 0 Å². The van der Waals surface area contributed by atoms with Gasteiger partial charge in [-0.25, -0.2) is 18.6 Å². The van der Waals surface area contributed by atoms with Gasteiger partial charge in [-0.05, 0) is 64.3 Å². The SMILES string of the molecule is C=C(OC(=O)[C@H](C)NC(=O)c1nccc(Br)c1O)C(c1ccc(F)cc1)c1ccc(F)cc1. The molecule has 0 radical (unpaired) electrons. The normalized spacial score (nSPS) is 11.7. The summed E-state index contributed by atoms with van der Waals surface area (Å²) in [4.78, 5) is 28.9. The summed E-state index contributed by atoms with van der Waals surface area (Å²) in [6, 6.07) is 11.4. The Bertz CT molecular complexity index is 1140. The minimum atomic E-state index is -1.11. The average Bonchev–Trinajstić information content (AvgIpc) is 2.78. The van der Waals surface area contributed by atoms with Gasteiger partial charge >= 0.3 is 5.97 Å². The Morgan fingerprint density at radius 3 is 2.06 bits per heavy atom. The molecule has 2 N–H and O–H groups in total. The molecule has 1 aromatic heterocycles. The van der Waals surface area contributed by atoms with Crippen molar-refractivity contribution in [3.63, 3.8) is 0 Å². The zero-order valence-electron chi connectivity index (χ0n) is 17.4. The molecule has 1 atom stereocenters. The number of benzene rings is 2. The summed E-state index contributed by atoms with van der Waals surface area (Å²) >= 11 is 3.09. The highest BCUT2D eigenvalue weighted by Crippen LogP contribution is 2.32. The van der Waals surface area contributed by atoms with Crippen molar-refractivity contribution in [1.82, 2.24) is 10.3 Å². The smallest absolute Gasteiger partial charge is 0.333 e. The highest BCUT2D eigenvalue weighted by Gasteiger charge is 2.26. The van der Waals surface area contributed by atoms with Crippen molar-refractivity contribution in [3.05, 3.63) is 106 Å². The summed E-state index contributed by atoms with van der Waals surface area (Å²) in [5, 5.41) is 12.4. The molecule has 6 nitrogen and oxygen atoms in total. The number of ether oxygens (including phenoxy) is 1. The highest BCUT2D eigenvalue weighted by molar-refractivity contribution is 9.10. The molecule has 1 amide bonds. The predicted molar refractivity (Wildman–Crippen MR) is 120 cm³/mol. The molecule has 0 fully saturated rings. The maximum absolute atomic E-state index is 13.4. The summed E-state index contributed by atoms with van der Waals surface area (Å²) in [5.74, 6) is -3.56. The number of aromatic nitrogens is 1. The third-order valence-corrected chi connectivity index (χ3v) is 5.39. The van der Waals surface area contributed by atoms with Crippen molar-refractivity contribution < 1.29 is 28.2 Å². The Morgan fingerprint density at radius 2 is 1.55 bits per heavy atom. The van der Waals surface area contributed by atoms with E-state index in [-0.39, 0.29) is 21.7 Å². The second kappa shape index (κ2) is 10.4. The Labute approximate surface area is 197 Å². The molecule has 0 aliphatic carbocycles. The fraction of sp³-hybridized carbons (Fsp3) is 0.125. The number of pyridine rings is 1. The summed E-state index contributed by atoms with van der Waals surface area (Å²) < 4.78 is 32.5. The van der Waals surface area contributed by atoms with E-state index in [1.54, 1.807) is 0 Å². The van der Waals surface area contributed by atoms with E-state index in [9.17, 15) is 23.5 Å². The van der Waals surface area contributed by atoms with Gasteiger partial charge in [0.2, 0.25) is 0 Å². The van der Waals surface area contributed by atoms with Gasteiger partial charge in [0.05, 0.1) is 10.4 Å². The number of carbonyl (C=O) groups excluding carboxylic acids is 2. The van der Waals surface area contributed by atoms with Crippen molar-refractivity contribution in [2.75, 3.05) is 0 Å². The van der Waals surface area contributed by atoms with Gasteiger partial charge in [0, 0.05) is 6.20 Å². The fourth-order valence-corrected chi connectivity index (χ4v) is 3.38. The van der Waals surface area contributed by atoms with E-state index in [4.69, 9.17) is 4.74 Å². The topological polar surface area (TPSA) is 88.5 Å². The van der Waals surface area contributed by atoms with Crippen LogP contribution in [0.1, 0.15) is 34.5 Å². The van der Waals surface area contributed by atoms with E-state index in [0.29, 0.717) is 11.1 Å². The lowest BCUT2D eigenvalue weighted by Gasteiger charge is -2.22. The number of hydrogen-bond acceptors (Lipinski definition) is 5. The van der Waals surface area contributed by atoms with Gasteiger partial charge in [0.25, 0.3) is 5.91 Å². The van der Waals surface area contributed by atoms with Gasteiger partial charge in [-0.15, -0.1) is 0 Å². The molecule has 0 spiro atoms. The molecule has 1 heterocycles. The monoisotopic (exact) mass is 516 g/mol. The number of carbonyl (C=O) groups is 2. The number of nitrogens with zero attached hydrogens (tertiary/aromatic N) is 1. The lowest BCUT2D eigenvalue weighted by atomic mass is 9.90. The summed E-state index contributed by atoms with van der Waals surface area (Å²) in [7, 11) is 0. The maximum Gasteiger partial charge on any atom is 0.333 e. The van der Waals surface area contributed by atoms with E-state index >= 15 is 0 Å². The molecule has 170 valence electrons. The molecule has 0 saturated carbocycles. The van der Waals surface area contributed by atoms with E-state index < -0.39 is 35.5 Å². The van der Waals surface area contributed by atoms with E-state index in [2.05, 4.69) is 32.8 Å². The molecule has 0 bridgehead atoms. The van der Waals surface area contributed by atoms with Gasteiger partial charge in [0.15, 0.2) is 11.4 Å². The van der Waals surface area contributed by atoms with E-state index in [1.165, 1.54) is 67.7 Å². The molecule has 0 aliphatic rings. The first kappa shape index (κ1) is 24.1. The second-order valence-electron chi connectivity index (χ2n) is 7.11. The molecule has 2 aromatic carbocycles. The quantitative estimate of drug-likeness (QED) is 0.346. The Kier molecular flexibility index (Phi) is 7.55. The second-order valence-corrected chi connectivity index (χ2v) is 7.96. The van der Waals surface area contributed by atoms with Gasteiger partial charge < -0.3 is 15.2 Å². The Morgan fingerprint density at radius 1 is 1.03 bits per heavy atom. The Hall–Kier alpha value is -3.59. The van der Waals surface area contributed by atoms with Crippen LogP contribution < -0.4 is 5.32 Å². The number of hydrogen-bond donors (Lipinski definition) is 2. The largest absolute Gasteiger partial charge is 0.504 e. The summed E-state index contributed by atoms with van der Waals surface area (Å²) in [5.41, 5.74) is 0.875. The van der Waals surface area contributed by atoms with Crippen molar-refractivity contribution in [3.8, 4) is 5.75 Å². The number of halogens is 3. The zero-order valence-corrected chi connectivity index (χ0v) is 19.0. The first-order valence-electron chi connectivity index (χ1n) is 9.73. The molecule has 3 aromatic rings. The summed E-state index contributed by atoms with van der Waals surface area (Å²) in [6.07, 6.45) is 1.32. The van der Waals surface area contributed by atoms with E-state index in [0.717, 1.165) is 0 Å². The van der Waals surface area contributed by atoms with Crippen LogP contribution in [0.5, 0.6) is 5.75 Å². The number of allylic oxidation sites excluding steroid dienone is 1. The van der Waals surface area contributed by atoms with Crippen molar-refractivity contribution in [2.45, 2.75) is 18.9 Å². The first-order valence-corrected chi connectivity index (χ1v) is 10.5. The molecule has 3 rings (SSSR count). The van der Waals surface area contributed by atoms with Crippen molar-refractivity contribution in [1.29, 1.82) is 0 Å². The molecular formula is C24H19BrF2N2O4. The van der Waals surface area contributed by atoms with Crippen LogP contribution >= 0.6 is 15.9 Å². The predicted octanol–water partition coefficient (Wildman–Crippen LogP) is 4.84. The van der Waals surface area contributed by atoms with Crippen LogP contribution in [-0.4, -0.2) is 28.0 Å². The minimum Gasteiger partial charge on any atom is -0.504 e. The van der Waals surface area contributed by atoms with Crippen LogP contribution in [0, 0.1) is 11.6 Å². The van der Waals surface area contributed by atoms with Crippen molar-refractivity contribution >= 4 is 27.8 Å². The van der Waals surface area contributed by atoms with Crippen LogP contribution in [-0.2, 0) is 9.53 Å². The lowest BCUT2D eigenvalue weighted by Crippen LogP contribution is -2.40.